The van der Waals surface area contributed by atoms with Crippen molar-refractivity contribution in [2.45, 2.75) is 57.8 Å². The summed E-state index contributed by atoms with van der Waals surface area (Å²) in [4.78, 5) is 4.96. The van der Waals surface area contributed by atoms with E-state index in [4.69, 9.17) is 0 Å². The molecule has 0 atom stereocenters. The molecule has 0 radical (unpaired) electrons. The van der Waals surface area contributed by atoms with Gasteiger partial charge in [0.25, 0.3) is 0 Å². The van der Waals surface area contributed by atoms with Gasteiger partial charge in [0.15, 0.2) is 0 Å². The quantitative estimate of drug-likeness (QED) is 0.579. The molecular weight excluding hydrogens is 256 g/mol. The van der Waals surface area contributed by atoms with Crippen molar-refractivity contribution in [3.8, 4) is 23.7 Å². The van der Waals surface area contributed by atoms with E-state index in [1.165, 1.54) is 64.7 Å². The standard InChI is InChI=1S/C19H30N2/c1(2-4-8-14-20-16-10-6-11-17-20)3-5-9-15-21-18-12-7-13-19-21/h1-3,6-7,10-19H2. The Morgan fingerprint density at radius 2 is 0.952 bits per heavy atom. The molecule has 2 aliphatic rings. The molecule has 2 fully saturated rings. The van der Waals surface area contributed by atoms with Crippen LogP contribution in [0.3, 0.4) is 0 Å². The lowest BCUT2D eigenvalue weighted by Crippen LogP contribution is -2.29. The Kier molecular flexibility index (Phi) is 8.38. The summed E-state index contributed by atoms with van der Waals surface area (Å²) >= 11 is 0. The maximum atomic E-state index is 3.32. The van der Waals surface area contributed by atoms with Gasteiger partial charge in [-0.2, -0.15) is 0 Å². The summed E-state index contributed by atoms with van der Waals surface area (Å²) in [6.45, 7) is 6.93. The zero-order valence-electron chi connectivity index (χ0n) is 13.5. The maximum absolute atomic E-state index is 3.32. The number of likely N-dealkylation sites (tertiary alicyclic amines) is 2. The molecule has 0 aliphatic carbocycles. The molecule has 0 aromatic heterocycles. The van der Waals surface area contributed by atoms with Gasteiger partial charge in [0.2, 0.25) is 0 Å². The lowest BCUT2D eigenvalue weighted by atomic mass is 10.1. The van der Waals surface area contributed by atoms with Crippen LogP contribution in [0.1, 0.15) is 57.8 Å². The van der Waals surface area contributed by atoms with E-state index in [1.807, 2.05) is 0 Å². The minimum atomic E-state index is 0.973. The molecule has 2 nitrogen and oxygen atoms in total. The van der Waals surface area contributed by atoms with Crippen molar-refractivity contribution in [2.24, 2.45) is 0 Å². The number of hydrogen-bond acceptors (Lipinski definition) is 2. The molecule has 2 rings (SSSR count). The molecule has 0 N–H and O–H groups in total. The highest BCUT2D eigenvalue weighted by Crippen LogP contribution is 2.08. The average Bonchev–Trinajstić information content (AvgIpc) is 2.55. The van der Waals surface area contributed by atoms with Crippen LogP contribution in [0.4, 0.5) is 0 Å². The van der Waals surface area contributed by atoms with Gasteiger partial charge in [0.1, 0.15) is 0 Å². The van der Waals surface area contributed by atoms with Crippen LogP contribution >= 0.6 is 0 Å². The fourth-order valence-corrected chi connectivity index (χ4v) is 3.01. The lowest BCUT2D eigenvalue weighted by Gasteiger charge is -2.23. The summed E-state index contributed by atoms with van der Waals surface area (Å²) < 4.78 is 0. The summed E-state index contributed by atoms with van der Waals surface area (Å²) in [6.07, 6.45) is 11.4. The summed E-state index contributed by atoms with van der Waals surface area (Å²) in [5.41, 5.74) is 0. The van der Waals surface area contributed by atoms with E-state index in [-0.39, 0.29) is 0 Å². The Morgan fingerprint density at radius 1 is 0.524 bits per heavy atom. The monoisotopic (exact) mass is 286 g/mol. The largest absolute Gasteiger partial charge is 0.292 e. The molecular formula is C19H30N2. The number of rotatable bonds is 4. The number of unbranched alkanes of at least 4 members (excludes halogenated alkanes) is 2. The molecule has 2 heterocycles. The smallest absolute Gasteiger partial charge is 0.0601 e. The van der Waals surface area contributed by atoms with E-state index in [0.717, 1.165) is 32.4 Å². The van der Waals surface area contributed by atoms with Crippen LogP contribution in [-0.4, -0.2) is 49.1 Å². The van der Waals surface area contributed by atoms with Gasteiger partial charge < -0.3 is 0 Å². The normalized spacial score (nSPS) is 20.2. The number of hydrogen-bond donors (Lipinski definition) is 0. The van der Waals surface area contributed by atoms with Crippen LogP contribution in [-0.2, 0) is 0 Å². The Balaban J connectivity index is 1.46. The van der Waals surface area contributed by atoms with E-state index in [1.54, 1.807) is 0 Å². The Morgan fingerprint density at radius 3 is 1.38 bits per heavy atom. The number of piperidine rings is 2. The Hall–Kier alpha value is -0.960. The molecule has 21 heavy (non-hydrogen) atoms. The molecule has 0 unspecified atom stereocenters. The minimum absolute atomic E-state index is 0.973. The number of nitrogens with zero attached hydrogens (tertiary/aromatic N) is 2. The molecule has 2 heteroatoms. The van der Waals surface area contributed by atoms with Crippen molar-refractivity contribution in [2.75, 3.05) is 39.3 Å². The lowest BCUT2D eigenvalue weighted by molar-refractivity contribution is 0.255. The van der Waals surface area contributed by atoms with Gasteiger partial charge in [-0.3, -0.25) is 9.80 Å². The van der Waals surface area contributed by atoms with Gasteiger partial charge in [0, 0.05) is 12.8 Å². The highest BCUT2D eigenvalue weighted by Gasteiger charge is 2.08. The molecule has 116 valence electrons. The van der Waals surface area contributed by atoms with Crippen molar-refractivity contribution in [3.05, 3.63) is 0 Å². The maximum Gasteiger partial charge on any atom is 0.0601 e. The van der Waals surface area contributed by atoms with Gasteiger partial charge >= 0.3 is 0 Å². The molecule has 0 saturated carbocycles. The SMILES string of the molecule is C(#CCN1CCCCC1)CCCC#CCN1CCCCC1. The summed E-state index contributed by atoms with van der Waals surface area (Å²) in [6, 6.07) is 0. The zero-order chi connectivity index (χ0) is 14.6. The van der Waals surface area contributed by atoms with Gasteiger partial charge in [-0.25, -0.2) is 0 Å². The van der Waals surface area contributed by atoms with Crippen molar-refractivity contribution in [3.63, 3.8) is 0 Å². The van der Waals surface area contributed by atoms with Gasteiger partial charge in [-0.15, -0.1) is 11.8 Å². The van der Waals surface area contributed by atoms with Gasteiger partial charge in [-0.1, -0.05) is 24.7 Å². The fraction of sp³-hybridized carbons (Fsp3) is 0.789. The predicted molar refractivity (Wildman–Crippen MR) is 90.0 cm³/mol. The van der Waals surface area contributed by atoms with Crippen LogP contribution in [0.2, 0.25) is 0 Å². The van der Waals surface area contributed by atoms with E-state index >= 15 is 0 Å². The van der Waals surface area contributed by atoms with Gasteiger partial charge in [0.05, 0.1) is 13.1 Å². The second kappa shape index (κ2) is 10.7. The third-order valence-electron chi connectivity index (χ3n) is 4.36. The third kappa shape index (κ3) is 7.56. The first kappa shape index (κ1) is 16.4. The first-order valence-corrected chi connectivity index (χ1v) is 8.81. The Labute approximate surface area is 131 Å². The van der Waals surface area contributed by atoms with E-state index in [2.05, 4.69) is 33.5 Å². The van der Waals surface area contributed by atoms with Crippen LogP contribution < -0.4 is 0 Å². The second-order valence-electron chi connectivity index (χ2n) is 6.23. The average molecular weight is 286 g/mol. The molecule has 0 spiro atoms. The molecule has 0 amide bonds. The van der Waals surface area contributed by atoms with Crippen molar-refractivity contribution in [1.29, 1.82) is 0 Å². The Bertz CT molecular complexity index is 343. The predicted octanol–water partition coefficient (Wildman–Crippen LogP) is 3.14. The van der Waals surface area contributed by atoms with E-state index in [9.17, 15) is 0 Å². The fourth-order valence-electron chi connectivity index (χ4n) is 3.01. The van der Waals surface area contributed by atoms with Gasteiger partial charge in [-0.05, 0) is 58.3 Å². The summed E-state index contributed by atoms with van der Waals surface area (Å²) in [5.74, 6) is 13.2. The van der Waals surface area contributed by atoms with Crippen molar-refractivity contribution >= 4 is 0 Å². The minimum Gasteiger partial charge on any atom is -0.292 e. The van der Waals surface area contributed by atoms with Crippen molar-refractivity contribution < 1.29 is 0 Å². The van der Waals surface area contributed by atoms with E-state index in [0.29, 0.717) is 0 Å². The van der Waals surface area contributed by atoms with Crippen molar-refractivity contribution in [1.82, 2.24) is 9.80 Å². The summed E-state index contributed by atoms with van der Waals surface area (Å²) in [7, 11) is 0. The van der Waals surface area contributed by atoms with Crippen LogP contribution in [0.5, 0.6) is 0 Å². The molecule has 0 aromatic carbocycles. The van der Waals surface area contributed by atoms with E-state index < -0.39 is 0 Å². The molecule has 0 aromatic rings. The molecule has 0 bridgehead atoms. The third-order valence-corrected chi connectivity index (χ3v) is 4.36. The van der Waals surface area contributed by atoms with Crippen LogP contribution in [0, 0.1) is 23.7 Å². The highest BCUT2D eigenvalue weighted by molar-refractivity contribution is 5.04. The molecule has 2 saturated heterocycles. The first-order valence-electron chi connectivity index (χ1n) is 8.81. The summed E-state index contributed by atoms with van der Waals surface area (Å²) in [5, 5.41) is 0. The molecule has 2 aliphatic heterocycles. The van der Waals surface area contributed by atoms with Crippen LogP contribution in [0.25, 0.3) is 0 Å². The zero-order valence-corrected chi connectivity index (χ0v) is 13.5. The first-order chi connectivity index (χ1) is 10.4. The highest BCUT2D eigenvalue weighted by atomic mass is 15.1. The second-order valence-corrected chi connectivity index (χ2v) is 6.23. The topological polar surface area (TPSA) is 6.48 Å². The van der Waals surface area contributed by atoms with Crippen LogP contribution in [0.15, 0.2) is 0 Å².